The summed E-state index contributed by atoms with van der Waals surface area (Å²) >= 11 is 0. The zero-order chi connectivity index (χ0) is 66.7. The van der Waals surface area contributed by atoms with Crippen LogP contribution in [0.2, 0.25) is 0 Å². The highest BCUT2D eigenvalue weighted by Gasteiger charge is 2.41. The fraction of sp³-hybridized carbons (Fsp3) is 0.462. The van der Waals surface area contributed by atoms with Crippen molar-refractivity contribution in [3.8, 4) is 0 Å². The molecule has 1 saturated heterocycles. The van der Waals surface area contributed by atoms with Gasteiger partial charge in [-0.2, -0.15) is 0 Å². The van der Waals surface area contributed by atoms with Gasteiger partial charge in [-0.1, -0.05) is 210 Å². The first-order valence-electron chi connectivity index (χ1n) is 32.2. The number of nitrogens with zero attached hydrogens (tertiary/aromatic N) is 1. The Balaban J connectivity index is 0.00000128. The van der Waals surface area contributed by atoms with E-state index >= 15 is 0 Å². The van der Waals surface area contributed by atoms with E-state index in [-0.39, 0.29) is 62.6 Å². The highest BCUT2D eigenvalue weighted by atomic mass is 16.5. The maximum absolute atomic E-state index is 13.5. The molecule has 499 valence electrons. The predicted molar refractivity (Wildman–Crippen MR) is 372 cm³/mol. The van der Waals surface area contributed by atoms with Crippen molar-refractivity contribution in [1.29, 1.82) is 0 Å². The molecular weight excluding hydrogens is 1140 g/mol. The van der Waals surface area contributed by atoms with Crippen LogP contribution in [0.5, 0.6) is 0 Å². The molecule has 5 atom stereocenters. The van der Waals surface area contributed by atoms with Crippen molar-refractivity contribution in [3.05, 3.63) is 211 Å². The highest BCUT2D eigenvalue weighted by molar-refractivity contribution is 6.39. The Bertz CT molecular complexity index is 2950. The van der Waals surface area contributed by atoms with Gasteiger partial charge < -0.3 is 30.3 Å². The van der Waals surface area contributed by atoms with Gasteiger partial charge in [-0.3, -0.25) is 33.6 Å². The Labute approximate surface area is 548 Å². The number of unbranched alkanes of at least 4 members (excludes halogenated alkanes) is 1. The summed E-state index contributed by atoms with van der Waals surface area (Å²) in [4.78, 5) is 85.5. The minimum atomic E-state index is -0.934. The standard InChI is InChI=1S/C31H39NO4.C23H26O2.C11H20NO.C8H12O2.C5H8O.H2O.2H2/c1-23(26(25-15-9-6-10-16-25)19-18-24-13-7-5-8-14-24)21-28(33)27-17-11-12-20-32(27)30(35)29(34)31(2,3)22-36-4;1-18-10-8-9-15-21(18)23(24)25-22(20-13-6-3-7-14-20)17-16-19-11-4-2-5-12-19;1-2-3-4-10-9-11(10)5-7-13-8-6-12;1-5-8(3,4)7(10)6(2)9;1-4(2)5(3)6;;;/h5-10,13-16,26-27H,1,11-12,17-22H2,2-4H3;2-7,11-14,21-22H,1,8-10,15-17H2;5,9-10H,2-4,6-8,12H2,1H3;5H,1H2,2-4H3;1H2,2-3H3;1H2;2*1H/b;;11-5+;;;;;/t;21?,22-;;;;;;/m.1....../s1. The lowest BCUT2D eigenvalue weighted by atomic mass is 9.82. The topological polar surface area (TPSA) is 208 Å². The lowest BCUT2D eigenvalue weighted by Crippen LogP contribution is -2.53. The fourth-order valence-corrected chi connectivity index (χ4v) is 10.5. The summed E-state index contributed by atoms with van der Waals surface area (Å²) < 4.78 is 16.4. The number of piperidine rings is 1. The average Bonchev–Trinajstić information content (AvgIpc) is 1.19. The van der Waals surface area contributed by atoms with E-state index in [1.54, 1.807) is 34.6 Å². The number of Topliss-reactive ketones (excluding diaryl/α,β-unsaturated/α-hetero) is 5. The number of carbonyl (C=O) groups is 7. The molecule has 1 aliphatic heterocycles. The van der Waals surface area contributed by atoms with Gasteiger partial charge in [0.15, 0.2) is 17.3 Å². The molecule has 0 aromatic heterocycles. The minimum absolute atomic E-state index is 0. The highest BCUT2D eigenvalue weighted by Crippen LogP contribution is 2.40. The summed E-state index contributed by atoms with van der Waals surface area (Å²) in [6, 6.07) is 40.3. The molecule has 0 bridgehead atoms. The number of hydrogen-bond donors (Lipinski definition) is 1. The van der Waals surface area contributed by atoms with Gasteiger partial charge in [-0.15, -0.1) is 6.58 Å². The van der Waals surface area contributed by atoms with E-state index in [0.717, 1.165) is 99.0 Å². The Hall–Kier alpha value is -7.29. The third-order valence-corrected chi connectivity index (χ3v) is 16.4. The molecule has 4 aromatic rings. The van der Waals surface area contributed by atoms with Crippen LogP contribution in [-0.4, -0.2) is 97.2 Å². The molecule has 4 N–H and O–H groups in total. The van der Waals surface area contributed by atoms with Crippen molar-refractivity contribution in [2.45, 2.75) is 170 Å². The number of hydrogen-bond acceptors (Lipinski definition) is 11. The number of benzene rings is 4. The number of allylic oxidation sites excluding steroid dienone is 4. The van der Waals surface area contributed by atoms with Gasteiger partial charge in [0.2, 0.25) is 11.6 Å². The largest absolute Gasteiger partial charge is 0.457 e. The lowest BCUT2D eigenvalue weighted by molar-refractivity contribution is -0.154. The number of methoxy groups -OCH3 is 1. The second kappa shape index (κ2) is 42.7. The van der Waals surface area contributed by atoms with E-state index in [1.807, 2.05) is 84.9 Å². The number of esters is 1. The Morgan fingerprint density at radius 1 is 0.736 bits per heavy atom. The van der Waals surface area contributed by atoms with E-state index in [4.69, 9.17) is 19.9 Å². The third kappa shape index (κ3) is 29.3. The van der Waals surface area contributed by atoms with Crippen LogP contribution < -0.4 is 5.73 Å². The van der Waals surface area contributed by atoms with Crippen LogP contribution in [0.4, 0.5) is 0 Å². The van der Waals surface area contributed by atoms with Gasteiger partial charge in [0.1, 0.15) is 6.10 Å². The van der Waals surface area contributed by atoms with E-state index in [2.05, 4.69) is 82.1 Å². The molecule has 1 amide bonds. The fourth-order valence-electron chi connectivity index (χ4n) is 10.5. The van der Waals surface area contributed by atoms with Crippen molar-refractivity contribution in [2.75, 3.05) is 40.0 Å². The SMILES string of the molecule is C=C(C)C(C)=O.C=C(CC(=O)C1CCCCN1C(=O)C(=O)C(C)(C)COC)C(CCc1ccccc1)c1ccccc1.C=C1CCCCC1C(=O)O[C@H](CCc1ccccc1)c1ccccc1.C=CC(C)(C)C(=O)C(C)=O.CCCCC1[CH]/C1=C\COCCN.O.[HH].[HH]. The summed E-state index contributed by atoms with van der Waals surface area (Å²) in [7, 11) is 1.51. The van der Waals surface area contributed by atoms with Gasteiger partial charge in [-0.05, 0) is 138 Å². The minimum Gasteiger partial charge on any atom is -0.457 e. The van der Waals surface area contributed by atoms with Gasteiger partial charge in [0.05, 0.1) is 37.2 Å². The number of aryl methyl sites for hydroxylation is 2. The molecule has 4 unspecified atom stereocenters. The van der Waals surface area contributed by atoms with Crippen LogP contribution in [-0.2, 0) is 60.6 Å². The first-order chi connectivity index (χ1) is 42.9. The molecule has 7 rings (SSSR count). The van der Waals surface area contributed by atoms with Gasteiger partial charge >= 0.3 is 5.97 Å². The average molecular weight is 1250 g/mol. The van der Waals surface area contributed by atoms with Gasteiger partial charge in [0.25, 0.3) is 5.91 Å². The second-order valence-electron chi connectivity index (χ2n) is 24.9. The number of rotatable bonds is 29. The molecule has 13 nitrogen and oxygen atoms in total. The zero-order valence-electron chi connectivity index (χ0n) is 56.2. The first kappa shape index (κ1) is 79.8. The Morgan fingerprint density at radius 3 is 1.77 bits per heavy atom. The molecule has 3 aliphatic rings. The number of ether oxygens (including phenoxy) is 3. The third-order valence-electron chi connectivity index (χ3n) is 16.4. The van der Waals surface area contributed by atoms with Crippen molar-refractivity contribution < 1.29 is 56.1 Å². The Kier molecular flexibility index (Phi) is 37.5. The van der Waals surface area contributed by atoms with Crippen molar-refractivity contribution >= 4 is 40.8 Å². The van der Waals surface area contributed by atoms with Crippen LogP contribution in [0, 0.1) is 29.1 Å². The predicted octanol–water partition coefficient (Wildman–Crippen LogP) is 15.3. The van der Waals surface area contributed by atoms with Crippen LogP contribution in [0.25, 0.3) is 0 Å². The second-order valence-corrected chi connectivity index (χ2v) is 24.9. The summed E-state index contributed by atoms with van der Waals surface area (Å²) in [6.07, 6.45) is 19.6. The smallest absolute Gasteiger partial charge is 0.313 e. The summed E-state index contributed by atoms with van der Waals surface area (Å²) in [6.45, 7) is 31.3. The quantitative estimate of drug-likeness (QED) is 0.0178. The molecule has 4 aromatic carbocycles. The van der Waals surface area contributed by atoms with Crippen LogP contribution in [0.3, 0.4) is 0 Å². The van der Waals surface area contributed by atoms with Crippen molar-refractivity contribution in [1.82, 2.24) is 4.90 Å². The van der Waals surface area contributed by atoms with Crippen molar-refractivity contribution in [3.63, 3.8) is 0 Å². The van der Waals surface area contributed by atoms with Crippen molar-refractivity contribution in [2.24, 2.45) is 28.4 Å². The Morgan fingerprint density at radius 2 is 1.27 bits per heavy atom. The molecule has 3 fully saturated rings. The number of ketones is 5. The zero-order valence-corrected chi connectivity index (χ0v) is 56.2. The normalized spacial score (nSPS) is 16.9. The number of amides is 1. The van der Waals surface area contributed by atoms with Gasteiger partial charge in [0, 0.05) is 47.7 Å². The van der Waals surface area contributed by atoms with E-state index in [1.165, 1.54) is 67.9 Å². The van der Waals surface area contributed by atoms with Crippen LogP contribution in [0.15, 0.2) is 182 Å². The summed E-state index contributed by atoms with van der Waals surface area (Å²) in [5, 5.41) is 0. The molecule has 13 heteroatoms. The lowest BCUT2D eigenvalue weighted by Gasteiger charge is -2.36. The number of carbonyl (C=O) groups excluding carboxylic acids is 7. The van der Waals surface area contributed by atoms with Crippen LogP contribution in [0.1, 0.15) is 176 Å². The van der Waals surface area contributed by atoms with E-state index in [0.29, 0.717) is 31.7 Å². The number of likely N-dealkylation sites (tertiary alicyclic amines) is 1. The molecular formula is C78H111N2O11. The van der Waals surface area contributed by atoms with E-state index < -0.39 is 34.3 Å². The number of nitrogens with two attached hydrogens (primary N) is 1. The van der Waals surface area contributed by atoms with Gasteiger partial charge in [-0.25, -0.2) is 0 Å². The molecule has 1 radical (unpaired) electrons. The summed E-state index contributed by atoms with van der Waals surface area (Å²) in [5.41, 5.74) is 12.4. The summed E-state index contributed by atoms with van der Waals surface area (Å²) in [5.74, 6) is -1.29. The maximum atomic E-state index is 13.5. The molecule has 2 saturated carbocycles. The van der Waals surface area contributed by atoms with Crippen LogP contribution >= 0.6 is 0 Å². The maximum Gasteiger partial charge on any atom is 0.313 e. The molecule has 0 spiro atoms. The molecule has 91 heavy (non-hydrogen) atoms. The molecule has 2 aliphatic carbocycles. The van der Waals surface area contributed by atoms with E-state index in [9.17, 15) is 33.6 Å². The molecule has 1 heterocycles. The first-order valence-corrected chi connectivity index (χ1v) is 32.2. The monoisotopic (exact) mass is 1250 g/mol.